The first-order valence-corrected chi connectivity index (χ1v) is 7.96. The number of ether oxygens (including phenoxy) is 1. The summed E-state index contributed by atoms with van der Waals surface area (Å²) < 4.78 is 5.92. The highest BCUT2D eigenvalue weighted by Crippen LogP contribution is 2.23. The molecule has 0 spiro atoms. The highest BCUT2D eigenvalue weighted by molar-refractivity contribution is 5.80. The second-order valence-electron chi connectivity index (χ2n) is 6.73. The van der Waals surface area contributed by atoms with Crippen LogP contribution >= 0.6 is 0 Å². The molecule has 0 amide bonds. The first-order chi connectivity index (χ1) is 11.0. The van der Waals surface area contributed by atoms with Gasteiger partial charge in [-0.15, -0.1) is 0 Å². The second kappa shape index (κ2) is 6.37. The summed E-state index contributed by atoms with van der Waals surface area (Å²) in [6, 6.07) is 14.5. The van der Waals surface area contributed by atoms with Crippen LogP contribution < -0.4 is 4.74 Å². The molecule has 3 aromatic rings. The zero-order valence-electron chi connectivity index (χ0n) is 13.9. The van der Waals surface area contributed by atoms with E-state index in [0.717, 1.165) is 23.2 Å². The van der Waals surface area contributed by atoms with Crippen LogP contribution in [0.1, 0.15) is 31.9 Å². The Morgan fingerprint density at radius 2 is 1.70 bits per heavy atom. The lowest BCUT2D eigenvalue weighted by Crippen LogP contribution is -2.11. The van der Waals surface area contributed by atoms with Crippen LogP contribution in [0.25, 0.3) is 11.0 Å². The fourth-order valence-corrected chi connectivity index (χ4v) is 2.52. The summed E-state index contributed by atoms with van der Waals surface area (Å²) in [4.78, 5) is 8.66. The van der Waals surface area contributed by atoms with E-state index in [-0.39, 0.29) is 5.41 Å². The highest BCUT2D eigenvalue weighted by atomic mass is 16.5. The van der Waals surface area contributed by atoms with Gasteiger partial charge in [0.25, 0.3) is 0 Å². The molecule has 1 aromatic carbocycles. The van der Waals surface area contributed by atoms with E-state index in [4.69, 9.17) is 4.74 Å². The van der Waals surface area contributed by atoms with Gasteiger partial charge in [0.1, 0.15) is 11.3 Å². The third-order valence-corrected chi connectivity index (χ3v) is 3.93. The topological polar surface area (TPSA) is 35.0 Å². The molecule has 0 aliphatic rings. The Balaban J connectivity index is 1.65. The van der Waals surface area contributed by atoms with Crippen molar-refractivity contribution < 1.29 is 4.74 Å². The fraction of sp³-hybridized carbons (Fsp3) is 0.300. The van der Waals surface area contributed by atoms with Gasteiger partial charge in [-0.2, -0.15) is 0 Å². The Morgan fingerprint density at radius 1 is 0.913 bits per heavy atom. The van der Waals surface area contributed by atoms with E-state index in [1.54, 1.807) is 12.4 Å². The van der Waals surface area contributed by atoms with Gasteiger partial charge in [0.05, 0.1) is 12.1 Å². The Hall–Kier alpha value is -2.42. The van der Waals surface area contributed by atoms with Gasteiger partial charge in [-0.05, 0) is 28.7 Å². The molecule has 2 aromatic heterocycles. The molecule has 0 saturated heterocycles. The van der Waals surface area contributed by atoms with Gasteiger partial charge in [0.15, 0.2) is 0 Å². The van der Waals surface area contributed by atoms with Gasteiger partial charge < -0.3 is 4.74 Å². The number of fused-ring (bicyclic) bond motifs is 1. The lowest BCUT2D eigenvalue weighted by Gasteiger charge is -2.19. The molecule has 3 nitrogen and oxygen atoms in total. The third-order valence-electron chi connectivity index (χ3n) is 3.93. The van der Waals surface area contributed by atoms with Crippen LogP contribution in [-0.4, -0.2) is 16.6 Å². The van der Waals surface area contributed by atoms with E-state index in [2.05, 4.69) is 55.0 Å². The molecule has 2 heterocycles. The van der Waals surface area contributed by atoms with Crippen LogP contribution in [0, 0.1) is 0 Å². The summed E-state index contributed by atoms with van der Waals surface area (Å²) >= 11 is 0. The van der Waals surface area contributed by atoms with Gasteiger partial charge in [-0.1, -0.05) is 45.0 Å². The number of nitrogens with zero attached hydrogens (tertiary/aromatic N) is 2. The van der Waals surface area contributed by atoms with Crippen LogP contribution in [0.3, 0.4) is 0 Å². The third kappa shape index (κ3) is 3.67. The molecule has 0 saturated carbocycles. The summed E-state index contributed by atoms with van der Waals surface area (Å²) in [6.45, 7) is 7.32. The molecule has 0 aliphatic heterocycles. The number of pyridine rings is 2. The van der Waals surface area contributed by atoms with Crippen molar-refractivity contribution in [3.05, 3.63) is 66.0 Å². The number of benzene rings is 1. The minimum atomic E-state index is 0.191. The van der Waals surface area contributed by atoms with Gasteiger partial charge in [-0.25, -0.2) is 0 Å². The Bertz CT molecular complexity index is 783. The van der Waals surface area contributed by atoms with Crippen molar-refractivity contribution in [1.29, 1.82) is 0 Å². The van der Waals surface area contributed by atoms with Crippen molar-refractivity contribution in [2.24, 2.45) is 0 Å². The van der Waals surface area contributed by atoms with Gasteiger partial charge in [0.2, 0.25) is 0 Å². The van der Waals surface area contributed by atoms with Gasteiger partial charge in [-0.3, -0.25) is 9.97 Å². The molecule has 0 bridgehead atoms. The van der Waals surface area contributed by atoms with E-state index in [1.807, 2.05) is 18.2 Å². The molecule has 3 rings (SSSR count). The molecular formula is C20H22N2O. The maximum absolute atomic E-state index is 5.92. The zero-order valence-corrected chi connectivity index (χ0v) is 13.9. The van der Waals surface area contributed by atoms with Crippen molar-refractivity contribution in [1.82, 2.24) is 9.97 Å². The predicted octanol–water partition coefficient (Wildman–Crippen LogP) is 4.55. The zero-order chi connectivity index (χ0) is 16.3. The summed E-state index contributed by atoms with van der Waals surface area (Å²) in [7, 11) is 0. The van der Waals surface area contributed by atoms with Crippen molar-refractivity contribution in [2.45, 2.75) is 32.6 Å². The normalized spacial score (nSPS) is 11.6. The molecule has 0 N–H and O–H groups in total. The standard InChI is InChI=1S/C20H22N2O/c1-20(2,3)16-8-6-15(7-9-16)11-14-23-18-10-13-21-17-5-4-12-22-19(17)18/h4-10,12-13H,11,14H2,1-3H3. The van der Waals surface area contributed by atoms with E-state index >= 15 is 0 Å². The van der Waals surface area contributed by atoms with Crippen molar-refractivity contribution in [3.63, 3.8) is 0 Å². The van der Waals surface area contributed by atoms with E-state index < -0.39 is 0 Å². The van der Waals surface area contributed by atoms with E-state index in [9.17, 15) is 0 Å². The van der Waals surface area contributed by atoms with Gasteiger partial charge >= 0.3 is 0 Å². The van der Waals surface area contributed by atoms with Crippen LogP contribution in [0.4, 0.5) is 0 Å². The molecule has 3 heteroatoms. The van der Waals surface area contributed by atoms with Crippen LogP contribution in [0.5, 0.6) is 5.75 Å². The number of hydrogen-bond donors (Lipinski definition) is 0. The molecule has 0 atom stereocenters. The van der Waals surface area contributed by atoms with Crippen molar-refractivity contribution in [3.8, 4) is 5.75 Å². The SMILES string of the molecule is CC(C)(C)c1ccc(CCOc2ccnc3cccnc23)cc1. The van der Waals surface area contributed by atoms with E-state index in [0.29, 0.717) is 6.61 Å². The summed E-state index contributed by atoms with van der Waals surface area (Å²) in [6.07, 6.45) is 4.40. The molecular weight excluding hydrogens is 284 g/mol. The number of aromatic nitrogens is 2. The maximum Gasteiger partial charge on any atom is 0.148 e. The van der Waals surface area contributed by atoms with Crippen LogP contribution in [-0.2, 0) is 11.8 Å². The molecule has 0 aliphatic carbocycles. The summed E-state index contributed by atoms with van der Waals surface area (Å²) in [5.41, 5.74) is 4.50. The average molecular weight is 306 g/mol. The van der Waals surface area contributed by atoms with Crippen molar-refractivity contribution in [2.75, 3.05) is 6.61 Å². The smallest absolute Gasteiger partial charge is 0.148 e. The highest BCUT2D eigenvalue weighted by Gasteiger charge is 2.12. The van der Waals surface area contributed by atoms with E-state index in [1.165, 1.54) is 11.1 Å². The molecule has 0 fully saturated rings. The summed E-state index contributed by atoms with van der Waals surface area (Å²) in [5.74, 6) is 0.793. The molecule has 0 unspecified atom stereocenters. The maximum atomic E-state index is 5.92. The fourth-order valence-electron chi connectivity index (χ4n) is 2.52. The Morgan fingerprint density at radius 3 is 2.43 bits per heavy atom. The predicted molar refractivity (Wildman–Crippen MR) is 93.9 cm³/mol. The van der Waals surface area contributed by atoms with Gasteiger partial charge in [0, 0.05) is 24.9 Å². The molecule has 23 heavy (non-hydrogen) atoms. The second-order valence-corrected chi connectivity index (χ2v) is 6.73. The first-order valence-electron chi connectivity index (χ1n) is 7.96. The average Bonchev–Trinajstić information content (AvgIpc) is 2.55. The first kappa shape index (κ1) is 15.5. The number of rotatable bonds is 4. The lowest BCUT2D eigenvalue weighted by atomic mass is 9.86. The summed E-state index contributed by atoms with van der Waals surface area (Å²) in [5, 5.41) is 0. The quantitative estimate of drug-likeness (QED) is 0.709. The Labute approximate surface area is 137 Å². The Kier molecular flexibility index (Phi) is 4.28. The van der Waals surface area contributed by atoms with Crippen molar-refractivity contribution >= 4 is 11.0 Å². The lowest BCUT2D eigenvalue weighted by molar-refractivity contribution is 0.325. The monoisotopic (exact) mass is 306 g/mol. The number of hydrogen-bond acceptors (Lipinski definition) is 3. The minimum absolute atomic E-state index is 0.191. The van der Waals surface area contributed by atoms with Crippen LogP contribution in [0.15, 0.2) is 54.9 Å². The largest absolute Gasteiger partial charge is 0.491 e. The molecule has 118 valence electrons. The van der Waals surface area contributed by atoms with Crippen LogP contribution in [0.2, 0.25) is 0 Å². The minimum Gasteiger partial charge on any atom is -0.491 e. The molecule has 0 radical (unpaired) electrons.